The summed E-state index contributed by atoms with van der Waals surface area (Å²) in [6.07, 6.45) is 8.03. The third-order valence-electron chi connectivity index (χ3n) is 7.46. The molecule has 1 amide bonds. The van der Waals surface area contributed by atoms with Gasteiger partial charge in [0.2, 0.25) is 5.91 Å². The minimum absolute atomic E-state index is 0.0358. The van der Waals surface area contributed by atoms with E-state index in [2.05, 4.69) is 5.32 Å². The Labute approximate surface area is 257 Å². The van der Waals surface area contributed by atoms with Gasteiger partial charge in [0.25, 0.3) is 0 Å². The first-order valence-corrected chi connectivity index (χ1v) is 14.9. The molecule has 2 N–H and O–H groups in total. The van der Waals surface area contributed by atoms with Crippen LogP contribution in [-0.4, -0.2) is 53.4 Å². The van der Waals surface area contributed by atoms with Gasteiger partial charge in [0.05, 0.1) is 12.9 Å². The molecule has 4 aromatic rings. The summed E-state index contributed by atoms with van der Waals surface area (Å²) < 4.78 is 11.2. The van der Waals surface area contributed by atoms with E-state index in [0.29, 0.717) is 53.8 Å². The predicted octanol–water partition coefficient (Wildman–Crippen LogP) is 6.34. The van der Waals surface area contributed by atoms with Crippen LogP contribution < -0.4 is 10.1 Å². The van der Waals surface area contributed by atoms with Crippen LogP contribution in [0.25, 0.3) is 6.08 Å². The number of carboxylic acids is 1. The zero-order valence-corrected chi connectivity index (χ0v) is 24.4. The van der Waals surface area contributed by atoms with Crippen LogP contribution in [0.5, 0.6) is 5.75 Å². The minimum atomic E-state index is -1.02. The van der Waals surface area contributed by atoms with Gasteiger partial charge in [-0.2, -0.15) is 0 Å². The fraction of sp³-hybridized carbons (Fsp3) is 0.250. The van der Waals surface area contributed by atoms with E-state index in [1.54, 1.807) is 79.1 Å². The molecule has 1 saturated carbocycles. The molecule has 1 aliphatic carbocycles. The summed E-state index contributed by atoms with van der Waals surface area (Å²) in [5.74, 6) is 0.661. The SMILES string of the molecule is O=C(c1ccccc1)c1ccccc1NC(Cc1ccc(OCCCN(CC2CC2)C(=O)C=Cc2ccco2)cc1)C(=O)O. The van der Waals surface area contributed by atoms with Gasteiger partial charge in [0.1, 0.15) is 17.6 Å². The molecule has 1 atom stereocenters. The normalized spacial score (nSPS) is 13.4. The molecule has 3 aromatic carbocycles. The number of benzene rings is 3. The molecule has 0 spiro atoms. The summed E-state index contributed by atoms with van der Waals surface area (Å²) in [7, 11) is 0. The van der Waals surface area contributed by atoms with Crippen LogP contribution >= 0.6 is 0 Å². The van der Waals surface area contributed by atoms with Gasteiger partial charge in [0.15, 0.2) is 5.78 Å². The number of para-hydroxylation sites is 1. The van der Waals surface area contributed by atoms with Gasteiger partial charge in [-0.05, 0) is 73.2 Å². The molecule has 1 heterocycles. The van der Waals surface area contributed by atoms with Gasteiger partial charge in [-0.25, -0.2) is 4.79 Å². The standard InChI is InChI=1S/C36H36N2O6/c39-34(20-19-29-10-6-22-43-29)38(25-27-13-14-27)21-7-23-44-30-17-15-26(16-18-30)24-33(36(41)42)37-32-12-5-4-11-31(32)35(40)28-8-2-1-3-9-28/h1-6,8-12,15-20,22,27,33,37H,7,13-14,21,23-25H2,(H,41,42). The number of aliphatic carboxylic acids is 1. The molecule has 0 bridgehead atoms. The Morgan fingerprint density at radius 1 is 0.955 bits per heavy atom. The van der Waals surface area contributed by atoms with E-state index in [1.807, 2.05) is 35.2 Å². The summed E-state index contributed by atoms with van der Waals surface area (Å²) in [5, 5.41) is 13.0. The van der Waals surface area contributed by atoms with E-state index in [1.165, 1.54) is 0 Å². The van der Waals surface area contributed by atoms with E-state index in [-0.39, 0.29) is 18.1 Å². The minimum Gasteiger partial charge on any atom is -0.494 e. The molecular weight excluding hydrogens is 556 g/mol. The fourth-order valence-corrected chi connectivity index (χ4v) is 4.89. The number of nitrogens with zero attached hydrogens (tertiary/aromatic N) is 1. The first-order valence-electron chi connectivity index (χ1n) is 14.9. The van der Waals surface area contributed by atoms with Gasteiger partial charge in [-0.3, -0.25) is 9.59 Å². The van der Waals surface area contributed by atoms with Gasteiger partial charge < -0.3 is 24.5 Å². The number of carboxylic acid groups (broad SMARTS) is 1. The number of furan rings is 1. The number of anilines is 1. The molecule has 44 heavy (non-hydrogen) atoms. The van der Waals surface area contributed by atoms with Crippen LogP contribution in [-0.2, 0) is 16.0 Å². The fourth-order valence-electron chi connectivity index (χ4n) is 4.89. The van der Waals surface area contributed by atoms with Crippen LogP contribution in [0.15, 0.2) is 108 Å². The summed E-state index contributed by atoms with van der Waals surface area (Å²) in [6.45, 7) is 1.79. The molecule has 226 valence electrons. The zero-order chi connectivity index (χ0) is 30.7. The molecule has 1 aliphatic rings. The van der Waals surface area contributed by atoms with Crippen LogP contribution in [0.1, 0.15) is 46.5 Å². The van der Waals surface area contributed by atoms with Crippen molar-refractivity contribution in [3.63, 3.8) is 0 Å². The summed E-state index contributed by atoms with van der Waals surface area (Å²) >= 11 is 0. The summed E-state index contributed by atoms with van der Waals surface area (Å²) in [6, 6.07) is 25.8. The van der Waals surface area contributed by atoms with Crippen molar-refractivity contribution in [2.75, 3.05) is 25.0 Å². The predicted molar refractivity (Wildman–Crippen MR) is 169 cm³/mol. The molecule has 0 radical (unpaired) electrons. The van der Waals surface area contributed by atoms with Crippen molar-refractivity contribution >= 4 is 29.4 Å². The Kier molecular flexibility index (Phi) is 10.3. The van der Waals surface area contributed by atoms with Crippen LogP contribution in [0.2, 0.25) is 0 Å². The number of hydrogen-bond acceptors (Lipinski definition) is 6. The van der Waals surface area contributed by atoms with Crippen molar-refractivity contribution in [2.45, 2.75) is 31.7 Å². The highest BCUT2D eigenvalue weighted by Gasteiger charge is 2.26. The Morgan fingerprint density at radius 2 is 1.70 bits per heavy atom. The Morgan fingerprint density at radius 3 is 2.41 bits per heavy atom. The Hall–Kier alpha value is -5.11. The average Bonchev–Trinajstić information content (AvgIpc) is 3.72. The van der Waals surface area contributed by atoms with E-state index >= 15 is 0 Å². The second-order valence-electron chi connectivity index (χ2n) is 10.9. The lowest BCUT2D eigenvalue weighted by atomic mass is 10.00. The van der Waals surface area contributed by atoms with Crippen molar-refractivity contribution in [3.05, 3.63) is 126 Å². The second-order valence-corrected chi connectivity index (χ2v) is 10.9. The molecular formula is C36H36N2O6. The maximum absolute atomic E-state index is 13.1. The summed E-state index contributed by atoms with van der Waals surface area (Å²) in [5.41, 5.74) is 2.24. The van der Waals surface area contributed by atoms with Crippen molar-refractivity contribution in [3.8, 4) is 5.75 Å². The summed E-state index contributed by atoms with van der Waals surface area (Å²) in [4.78, 5) is 39.9. The van der Waals surface area contributed by atoms with E-state index in [0.717, 1.165) is 24.9 Å². The largest absolute Gasteiger partial charge is 0.494 e. The lowest BCUT2D eigenvalue weighted by molar-refractivity contribution is -0.137. The van der Waals surface area contributed by atoms with E-state index < -0.39 is 12.0 Å². The third kappa shape index (κ3) is 8.70. The van der Waals surface area contributed by atoms with Gasteiger partial charge >= 0.3 is 5.97 Å². The molecule has 1 fully saturated rings. The number of amides is 1. The van der Waals surface area contributed by atoms with Crippen LogP contribution in [0.4, 0.5) is 5.69 Å². The van der Waals surface area contributed by atoms with E-state index in [9.17, 15) is 19.5 Å². The number of carbonyl (C=O) groups is 3. The molecule has 0 saturated heterocycles. The van der Waals surface area contributed by atoms with Crippen LogP contribution in [0, 0.1) is 5.92 Å². The number of nitrogens with one attached hydrogen (secondary N) is 1. The van der Waals surface area contributed by atoms with Gasteiger partial charge in [-0.1, -0.05) is 54.6 Å². The van der Waals surface area contributed by atoms with Crippen molar-refractivity contribution in [1.82, 2.24) is 4.90 Å². The smallest absolute Gasteiger partial charge is 0.326 e. The highest BCUT2D eigenvalue weighted by Crippen LogP contribution is 2.30. The third-order valence-corrected chi connectivity index (χ3v) is 7.46. The van der Waals surface area contributed by atoms with Crippen molar-refractivity contribution in [1.29, 1.82) is 0 Å². The van der Waals surface area contributed by atoms with Gasteiger partial charge in [-0.15, -0.1) is 0 Å². The van der Waals surface area contributed by atoms with Crippen LogP contribution in [0.3, 0.4) is 0 Å². The molecule has 1 aromatic heterocycles. The number of ketones is 1. The topological polar surface area (TPSA) is 109 Å². The lowest BCUT2D eigenvalue weighted by Crippen LogP contribution is -2.33. The number of ether oxygens (including phenoxy) is 1. The first kappa shape index (κ1) is 30.4. The van der Waals surface area contributed by atoms with Crippen molar-refractivity contribution < 1.29 is 28.6 Å². The quantitative estimate of drug-likeness (QED) is 0.0888. The average molecular weight is 593 g/mol. The van der Waals surface area contributed by atoms with Crippen molar-refractivity contribution in [2.24, 2.45) is 5.92 Å². The Bertz CT molecular complexity index is 1560. The molecule has 5 rings (SSSR count). The second kappa shape index (κ2) is 14.9. The molecule has 8 nitrogen and oxygen atoms in total. The number of hydrogen-bond donors (Lipinski definition) is 2. The maximum atomic E-state index is 13.1. The van der Waals surface area contributed by atoms with E-state index in [4.69, 9.17) is 9.15 Å². The molecule has 8 heteroatoms. The van der Waals surface area contributed by atoms with Gasteiger partial charge in [0, 0.05) is 42.4 Å². The maximum Gasteiger partial charge on any atom is 0.326 e. The monoisotopic (exact) mass is 592 g/mol. The molecule has 1 unspecified atom stereocenters. The lowest BCUT2D eigenvalue weighted by Gasteiger charge is -2.21. The first-order chi connectivity index (χ1) is 21.5. The number of carbonyl (C=O) groups excluding carboxylic acids is 2. The number of rotatable bonds is 16. The highest BCUT2D eigenvalue weighted by atomic mass is 16.5. The Balaban J connectivity index is 1.13. The zero-order valence-electron chi connectivity index (χ0n) is 24.4. The molecule has 0 aliphatic heterocycles. The highest BCUT2D eigenvalue weighted by molar-refractivity contribution is 6.12.